The largest absolute Gasteiger partial charge is 0.345 e. The number of rotatable bonds is 12. The van der Waals surface area contributed by atoms with E-state index in [1.165, 1.54) is 0 Å². The molecular formula is C48H44Cl2N6O2. The number of aromatic nitrogens is 4. The van der Waals surface area contributed by atoms with Crippen LogP contribution in [0.15, 0.2) is 158 Å². The highest BCUT2D eigenvalue weighted by molar-refractivity contribution is 6.30. The summed E-state index contributed by atoms with van der Waals surface area (Å²) in [5, 5.41) is 7.72. The molecule has 2 atom stereocenters. The number of hydrogen-bond donors (Lipinski definition) is 2. The Labute approximate surface area is 348 Å². The molecule has 2 unspecified atom stereocenters. The van der Waals surface area contributed by atoms with Crippen LogP contribution >= 0.6 is 23.2 Å². The van der Waals surface area contributed by atoms with Crippen LogP contribution in [-0.4, -0.2) is 30.9 Å². The monoisotopic (exact) mass is 806 g/mol. The van der Waals surface area contributed by atoms with Crippen molar-refractivity contribution in [1.82, 2.24) is 29.7 Å². The van der Waals surface area contributed by atoms with Crippen molar-refractivity contribution in [1.29, 1.82) is 0 Å². The summed E-state index contributed by atoms with van der Waals surface area (Å²) in [7, 11) is 0. The zero-order valence-corrected chi connectivity index (χ0v) is 33.9. The van der Waals surface area contributed by atoms with Gasteiger partial charge in [0, 0.05) is 34.3 Å². The molecule has 8 aromatic rings. The highest BCUT2D eigenvalue weighted by Crippen LogP contribution is 2.23. The maximum absolute atomic E-state index is 12.9. The van der Waals surface area contributed by atoms with Gasteiger partial charge in [0.25, 0.3) is 11.8 Å². The van der Waals surface area contributed by atoms with Gasteiger partial charge in [-0.05, 0) is 95.8 Å². The number of fused-ring (bicyclic) bond motifs is 2. The smallest absolute Gasteiger partial charge is 0.251 e. The van der Waals surface area contributed by atoms with E-state index in [0.29, 0.717) is 29.2 Å². The fraction of sp³-hybridized carbons (Fsp3) is 0.167. The van der Waals surface area contributed by atoms with Gasteiger partial charge < -0.3 is 19.8 Å². The summed E-state index contributed by atoms with van der Waals surface area (Å²) in [6.45, 7) is 5.51. The summed E-state index contributed by atoms with van der Waals surface area (Å²) in [6, 6.07) is 46.9. The molecule has 2 N–H and O–H groups in total. The minimum absolute atomic E-state index is 0.0122. The van der Waals surface area contributed by atoms with E-state index in [9.17, 15) is 9.59 Å². The molecule has 0 saturated carbocycles. The van der Waals surface area contributed by atoms with E-state index in [1.807, 2.05) is 150 Å². The van der Waals surface area contributed by atoms with Crippen molar-refractivity contribution in [2.24, 2.45) is 0 Å². The van der Waals surface area contributed by atoms with Crippen molar-refractivity contribution in [2.45, 2.75) is 51.9 Å². The average molecular weight is 808 g/mol. The van der Waals surface area contributed by atoms with Crippen LogP contribution in [0.4, 0.5) is 0 Å². The number of carbonyl (C=O) groups is 2. The number of nitrogens with one attached hydrogen (secondary N) is 2. The van der Waals surface area contributed by atoms with Crippen molar-refractivity contribution in [3.05, 3.63) is 202 Å². The second-order valence-electron chi connectivity index (χ2n) is 14.1. The molecule has 58 heavy (non-hydrogen) atoms. The van der Waals surface area contributed by atoms with Gasteiger partial charge in [-0.15, -0.1) is 0 Å². The first kappa shape index (κ1) is 40.0. The van der Waals surface area contributed by atoms with Gasteiger partial charge in [-0.1, -0.05) is 122 Å². The van der Waals surface area contributed by atoms with Crippen LogP contribution in [0.2, 0.25) is 10.0 Å². The highest BCUT2D eigenvalue weighted by atomic mass is 35.5. The molecule has 0 bridgehead atoms. The number of benzene rings is 6. The summed E-state index contributed by atoms with van der Waals surface area (Å²) in [6.07, 6.45) is 5.26. The summed E-state index contributed by atoms with van der Waals surface area (Å²) < 4.78 is 4.11. The van der Waals surface area contributed by atoms with Gasteiger partial charge in [0.05, 0.1) is 46.8 Å². The average Bonchev–Trinajstić information content (AvgIpc) is 3.86. The molecule has 8 nitrogen and oxygen atoms in total. The number of amides is 2. The zero-order valence-electron chi connectivity index (χ0n) is 32.4. The first-order valence-corrected chi connectivity index (χ1v) is 20.1. The fourth-order valence-electron chi connectivity index (χ4n) is 6.92. The van der Waals surface area contributed by atoms with E-state index < -0.39 is 0 Å². The maximum Gasteiger partial charge on any atom is 0.251 e. The molecule has 6 aromatic carbocycles. The highest BCUT2D eigenvalue weighted by Gasteiger charge is 2.17. The number of nitrogens with zero attached hydrogens (tertiary/aromatic N) is 4. The predicted molar refractivity (Wildman–Crippen MR) is 234 cm³/mol. The molecule has 0 aliphatic heterocycles. The SMILES string of the molecule is CCC(NC(=O)c1ccc2c(c1)ncn2Cc1ccc(Cl)cc1)c1ccccc1.CCC(NC(=O)c1ccc2ncn(Cc3ccc(Cl)cc3)c2c1)c1ccccc1. The molecule has 2 aromatic heterocycles. The van der Waals surface area contributed by atoms with Gasteiger partial charge in [0.2, 0.25) is 0 Å². The van der Waals surface area contributed by atoms with Crippen LogP contribution in [0.3, 0.4) is 0 Å². The molecule has 2 amide bonds. The Hall–Kier alpha value is -6.22. The summed E-state index contributed by atoms with van der Waals surface area (Å²) in [5.74, 6) is -0.170. The first-order chi connectivity index (χ1) is 28.3. The summed E-state index contributed by atoms with van der Waals surface area (Å²) in [5.41, 5.74) is 9.32. The normalized spacial score (nSPS) is 12.1. The number of hydrogen-bond acceptors (Lipinski definition) is 4. The van der Waals surface area contributed by atoms with E-state index >= 15 is 0 Å². The van der Waals surface area contributed by atoms with E-state index in [-0.39, 0.29) is 23.9 Å². The van der Waals surface area contributed by atoms with E-state index in [4.69, 9.17) is 23.2 Å². The van der Waals surface area contributed by atoms with E-state index in [2.05, 4.69) is 39.0 Å². The van der Waals surface area contributed by atoms with Crippen molar-refractivity contribution < 1.29 is 9.59 Å². The Kier molecular flexibility index (Phi) is 13.0. The molecule has 0 radical (unpaired) electrons. The second-order valence-corrected chi connectivity index (χ2v) is 15.0. The fourth-order valence-corrected chi connectivity index (χ4v) is 7.18. The van der Waals surface area contributed by atoms with Gasteiger partial charge in [-0.3, -0.25) is 9.59 Å². The molecule has 2 heterocycles. The van der Waals surface area contributed by atoms with Gasteiger partial charge in [0.1, 0.15) is 0 Å². The van der Waals surface area contributed by atoms with Crippen molar-refractivity contribution >= 4 is 57.1 Å². The topological polar surface area (TPSA) is 93.8 Å². The lowest BCUT2D eigenvalue weighted by Crippen LogP contribution is -2.28. The Bertz CT molecular complexity index is 2610. The van der Waals surface area contributed by atoms with Crippen LogP contribution in [0, 0.1) is 0 Å². The molecule has 0 spiro atoms. The zero-order chi connectivity index (χ0) is 40.4. The van der Waals surface area contributed by atoms with Crippen molar-refractivity contribution in [2.75, 3.05) is 0 Å². The number of carbonyl (C=O) groups excluding carboxylic acids is 2. The first-order valence-electron chi connectivity index (χ1n) is 19.4. The molecule has 0 saturated heterocycles. The minimum atomic E-state index is -0.0881. The Morgan fingerprint density at radius 2 is 0.983 bits per heavy atom. The molecule has 0 aliphatic rings. The molecule has 8 rings (SSSR count). The number of halogens is 2. The quantitative estimate of drug-likeness (QED) is 0.129. The third-order valence-electron chi connectivity index (χ3n) is 10.1. The maximum atomic E-state index is 12.9. The minimum Gasteiger partial charge on any atom is -0.345 e. The van der Waals surface area contributed by atoms with Crippen LogP contribution in [0.1, 0.15) is 81.7 Å². The lowest BCUT2D eigenvalue weighted by atomic mass is 10.0. The van der Waals surface area contributed by atoms with Crippen LogP contribution < -0.4 is 10.6 Å². The molecular weight excluding hydrogens is 763 g/mol. The molecule has 0 fully saturated rings. The summed E-state index contributed by atoms with van der Waals surface area (Å²) in [4.78, 5) is 34.7. The third kappa shape index (κ3) is 9.83. The van der Waals surface area contributed by atoms with Gasteiger partial charge in [0.15, 0.2) is 0 Å². The number of imidazole rings is 2. The Balaban J connectivity index is 0.000000177. The van der Waals surface area contributed by atoms with Crippen molar-refractivity contribution in [3.8, 4) is 0 Å². The van der Waals surface area contributed by atoms with Gasteiger partial charge in [-0.25, -0.2) is 9.97 Å². The Morgan fingerprint density at radius 1 is 0.534 bits per heavy atom. The third-order valence-corrected chi connectivity index (χ3v) is 10.6. The lowest BCUT2D eigenvalue weighted by Gasteiger charge is -2.17. The van der Waals surface area contributed by atoms with Crippen LogP contribution in [-0.2, 0) is 13.1 Å². The molecule has 292 valence electrons. The van der Waals surface area contributed by atoms with E-state index in [0.717, 1.165) is 62.2 Å². The predicted octanol–water partition coefficient (Wildman–Crippen LogP) is 11.2. The molecule has 0 aliphatic carbocycles. The lowest BCUT2D eigenvalue weighted by molar-refractivity contribution is 0.0927. The summed E-state index contributed by atoms with van der Waals surface area (Å²) >= 11 is 11.9. The van der Waals surface area contributed by atoms with E-state index in [1.54, 1.807) is 12.7 Å². The van der Waals surface area contributed by atoms with Gasteiger partial charge >= 0.3 is 0 Å². The second kappa shape index (κ2) is 18.8. The Morgan fingerprint density at radius 3 is 1.48 bits per heavy atom. The standard InChI is InChI=1S/2C24H22ClN3O/c1-2-21(18-6-4-3-5-7-18)27-24(29)19-10-13-23-22(14-19)26-16-28(23)15-17-8-11-20(25)12-9-17;1-2-21(18-6-4-3-5-7-18)27-24(29)19-10-13-22-23(14-19)28(16-26-22)15-17-8-11-20(25)12-9-17/h2*3-14,16,21H,2,15H2,1H3,(H,27,29). The van der Waals surface area contributed by atoms with Crippen LogP contribution in [0.5, 0.6) is 0 Å². The van der Waals surface area contributed by atoms with Crippen LogP contribution in [0.25, 0.3) is 22.1 Å². The van der Waals surface area contributed by atoms with Crippen molar-refractivity contribution in [3.63, 3.8) is 0 Å². The van der Waals surface area contributed by atoms with Gasteiger partial charge in [-0.2, -0.15) is 0 Å². The molecule has 10 heteroatoms.